The fourth-order valence-electron chi connectivity index (χ4n) is 18.2. The lowest BCUT2D eigenvalue weighted by molar-refractivity contribution is 0.660. The van der Waals surface area contributed by atoms with Crippen molar-refractivity contribution < 1.29 is 0 Å². The molecule has 0 spiro atoms. The van der Waals surface area contributed by atoms with Gasteiger partial charge in [0.15, 0.2) is 0 Å². The van der Waals surface area contributed by atoms with Crippen LogP contribution in [-0.2, 0) is 21.7 Å². The van der Waals surface area contributed by atoms with E-state index in [1.807, 2.05) is 24.3 Å². The van der Waals surface area contributed by atoms with Crippen molar-refractivity contribution >= 4 is 88.6 Å². The average Bonchev–Trinajstić information content (AvgIpc) is 1.57. The lowest BCUT2D eigenvalue weighted by Crippen LogP contribution is -2.15. The summed E-state index contributed by atoms with van der Waals surface area (Å²) in [6, 6.07) is 131. The zero-order chi connectivity index (χ0) is 74.9. The number of nitrogens with one attached hydrogen (secondary N) is 4. The second-order valence-electron chi connectivity index (χ2n) is 31.9. The molecule has 4 aliphatic carbocycles. The average molecular weight is 1420 g/mol. The Kier molecular flexibility index (Phi) is 17.3. The second-order valence-corrected chi connectivity index (χ2v) is 31.9. The molecule has 0 radical (unpaired) electrons. The highest BCUT2D eigenvalue weighted by atomic mass is 14.9. The molecule has 0 bridgehead atoms. The first-order chi connectivity index (χ1) is 53.6. The summed E-state index contributed by atoms with van der Waals surface area (Å²) in [5.74, 6) is 0. The van der Waals surface area contributed by atoms with Crippen LogP contribution in [0, 0.1) is 0 Å². The van der Waals surface area contributed by atoms with E-state index in [1.165, 1.54) is 143 Å². The summed E-state index contributed by atoms with van der Waals surface area (Å²) in [6.07, 6.45) is 0. The Bertz CT molecular complexity index is 6370. The van der Waals surface area contributed by atoms with E-state index in [-0.39, 0.29) is 21.7 Å². The van der Waals surface area contributed by atoms with Crippen LogP contribution in [0.4, 0.5) is 45.5 Å². The molecule has 4 heteroatoms. The largest absolute Gasteiger partial charge is 0.356 e. The summed E-state index contributed by atoms with van der Waals surface area (Å²) in [5.41, 5.74) is 33.7. The SMILES string of the molecule is CC1(C)c2ccccc2-c2cc(Nc3ccc4c5ccccc5c5ccccc5c4c3)ccc21.CC1(C)c2ccccc2-c2cc(Nc3ccccc3)c3ccccc3c21.CC1(C)c2ccccc2-c2cc(Nc3ccccc3)ccc21.CC1(C)c2ccccc2-c2ccc(Nc3cccc(-c4ccccc4)c3)cc21. The lowest BCUT2D eigenvalue weighted by Gasteiger charge is -2.24. The normalized spacial score (nSPS) is 13.9. The van der Waals surface area contributed by atoms with Crippen molar-refractivity contribution in [1.82, 2.24) is 0 Å². The lowest BCUT2D eigenvalue weighted by atomic mass is 9.80. The summed E-state index contributed by atoms with van der Waals surface area (Å²) >= 11 is 0. The van der Waals surface area contributed by atoms with Gasteiger partial charge in [-0.3, -0.25) is 0 Å². The van der Waals surface area contributed by atoms with Crippen LogP contribution in [0.1, 0.15) is 99.9 Å². The molecule has 0 unspecified atom stereocenters. The fourth-order valence-corrected chi connectivity index (χ4v) is 18.2. The van der Waals surface area contributed by atoms with E-state index < -0.39 is 0 Å². The fraction of sp³-hybridized carbons (Fsp3) is 0.113. The highest BCUT2D eigenvalue weighted by Gasteiger charge is 2.40. The third-order valence-corrected chi connectivity index (χ3v) is 23.7. The number of hydrogen-bond donors (Lipinski definition) is 4. The summed E-state index contributed by atoms with van der Waals surface area (Å²) < 4.78 is 0. The third-order valence-electron chi connectivity index (χ3n) is 23.7. The Balaban J connectivity index is 0.000000104. The zero-order valence-corrected chi connectivity index (χ0v) is 63.6. The van der Waals surface area contributed by atoms with Gasteiger partial charge in [-0.2, -0.15) is 0 Å². The van der Waals surface area contributed by atoms with Gasteiger partial charge in [-0.15, -0.1) is 0 Å². The Labute approximate surface area is 646 Å². The molecular formula is C106H88N4. The monoisotopic (exact) mass is 1420 g/mol. The topological polar surface area (TPSA) is 48.1 Å². The van der Waals surface area contributed by atoms with Crippen LogP contribution in [0.15, 0.2) is 364 Å². The van der Waals surface area contributed by atoms with E-state index in [9.17, 15) is 0 Å². The van der Waals surface area contributed by atoms with Crippen LogP contribution in [0.5, 0.6) is 0 Å². The van der Waals surface area contributed by atoms with Gasteiger partial charge < -0.3 is 21.3 Å². The molecule has 0 aromatic heterocycles. The van der Waals surface area contributed by atoms with Crippen molar-refractivity contribution in [3.8, 4) is 55.6 Å². The number of benzene rings is 17. The molecule has 0 fully saturated rings. The molecule has 17 aromatic rings. The Morgan fingerprint density at radius 1 is 0.164 bits per heavy atom. The van der Waals surface area contributed by atoms with E-state index >= 15 is 0 Å². The van der Waals surface area contributed by atoms with Crippen LogP contribution < -0.4 is 21.3 Å². The van der Waals surface area contributed by atoms with E-state index in [2.05, 4.69) is 416 Å². The minimum atomic E-state index is 0.0107. The quantitative estimate of drug-likeness (QED) is 0.109. The molecule has 4 aliphatic rings. The van der Waals surface area contributed by atoms with E-state index in [4.69, 9.17) is 0 Å². The van der Waals surface area contributed by atoms with Gasteiger partial charge in [0.05, 0.1) is 0 Å². The smallest absolute Gasteiger partial charge is 0.0470 e. The van der Waals surface area contributed by atoms with Gasteiger partial charge >= 0.3 is 0 Å². The highest BCUT2D eigenvalue weighted by molar-refractivity contribution is 6.25. The summed E-state index contributed by atoms with van der Waals surface area (Å²) in [6.45, 7) is 18.6. The minimum Gasteiger partial charge on any atom is -0.356 e. The van der Waals surface area contributed by atoms with E-state index in [1.54, 1.807) is 0 Å². The van der Waals surface area contributed by atoms with Gasteiger partial charge in [-0.1, -0.05) is 328 Å². The van der Waals surface area contributed by atoms with Crippen LogP contribution in [0.2, 0.25) is 0 Å². The number of rotatable bonds is 9. The molecule has 0 aliphatic heterocycles. The Hall–Kier alpha value is -13.0. The van der Waals surface area contributed by atoms with Crippen molar-refractivity contribution in [2.24, 2.45) is 0 Å². The molecular weight excluding hydrogens is 1330 g/mol. The number of hydrogen-bond acceptors (Lipinski definition) is 4. The van der Waals surface area contributed by atoms with Crippen LogP contribution >= 0.6 is 0 Å². The predicted molar refractivity (Wildman–Crippen MR) is 470 cm³/mol. The van der Waals surface area contributed by atoms with Crippen molar-refractivity contribution in [1.29, 1.82) is 0 Å². The van der Waals surface area contributed by atoms with E-state index in [0.717, 1.165) is 45.5 Å². The molecule has 0 amide bonds. The van der Waals surface area contributed by atoms with Crippen LogP contribution in [0.3, 0.4) is 0 Å². The van der Waals surface area contributed by atoms with Crippen molar-refractivity contribution in [2.45, 2.75) is 77.0 Å². The minimum absolute atomic E-state index is 0.0107. The zero-order valence-electron chi connectivity index (χ0n) is 63.6. The predicted octanol–water partition coefficient (Wildman–Crippen LogP) is 29.2. The van der Waals surface area contributed by atoms with Gasteiger partial charge in [0.2, 0.25) is 0 Å². The van der Waals surface area contributed by atoms with Gasteiger partial charge in [-0.25, -0.2) is 0 Å². The van der Waals surface area contributed by atoms with E-state index in [0.29, 0.717) is 0 Å². The molecule has 110 heavy (non-hydrogen) atoms. The Morgan fingerprint density at radius 3 is 1.03 bits per heavy atom. The second kappa shape index (κ2) is 27.6. The first-order valence-electron chi connectivity index (χ1n) is 38.6. The molecule has 17 aromatic carbocycles. The van der Waals surface area contributed by atoms with Crippen molar-refractivity contribution in [3.05, 3.63) is 408 Å². The van der Waals surface area contributed by atoms with Gasteiger partial charge in [-0.05, 0) is 229 Å². The summed E-state index contributed by atoms with van der Waals surface area (Å²) in [4.78, 5) is 0. The molecule has 4 nitrogen and oxygen atoms in total. The van der Waals surface area contributed by atoms with Crippen molar-refractivity contribution in [3.63, 3.8) is 0 Å². The van der Waals surface area contributed by atoms with Crippen molar-refractivity contribution in [2.75, 3.05) is 21.3 Å². The number of anilines is 8. The highest BCUT2D eigenvalue weighted by Crippen LogP contribution is 2.55. The molecule has 0 saturated heterocycles. The maximum absolute atomic E-state index is 3.70. The summed E-state index contributed by atoms with van der Waals surface area (Å²) in [7, 11) is 0. The molecule has 0 atom stereocenters. The molecule has 532 valence electrons. The number of fused-ring (bicyclic) bond motifs is 20. The maximum Gasteiger partial charge on any atom is 0.0470 e. The molecule has 4 N–H and O–H groups in total. The molecule has 0 saturated carbocycles. The summed E-state index contributed by atoms with van der Waals surface area (Å²) in [5, 5.41) is 24.8. The van der Waals surface area contributed by atoms with Gasteiger partial charge in [0.1, 0.15) is 0 Å². The first-order valence-corrected chi connectivity index (χ1v) is 38.6. The third kappa shape index (κ3) is 12.2. The maximum atomic E-state index is 3.70. The van der Waals surface area contributed by atoms with Crippen LogP contribution in [0.25, 0.3) is 98.7 Å². The Morgan fingerprint density at radius 2 is 0.491 bits per heavy atom. The molecule has 21 rings (SSSR count). The number of para-hydroxylation sites is 2. The molecule has 0 heterocycles. The first kappa shape index (κ1) is 68.8. The van der Waals surface area contributed by atoms with Crippen LogP contribution in [-0.4, -0.2) is 0 Å². The standard InChI is InChI=1S/C33H25N.C27H23N.C25H21N.C21H19N/c1-33(2)31-14-8-7-13-28(31)30-20-22(16-18-32(30)33)34-21-15-17-27-25-11-4-3-9-23(25)24-10-5-6-12-26(24)29(27)19-21;1-27(2)25-14-7-6-13-23(25)24-16-15-22(18-26(24)27)28-21-12-8-11-20(17-21)19-9-4-3-5-10-19;1-25(2)22-15-9-8-12-18(22)21-16-23(26-17-10-4-3-5-11-17)19-13-6-7-14-20(19)24(21)25;1-21(2)19-11-7-6-10-17(19)18-14-16(12-13-20(18)21)22-15-8-4-3-5-9-15/h3-20,34H,1-2H3;3-18,28H,1-2H3;3-16,26H,1-2H3;3-14,22H,1-2H3. The van der Waals surface area contributed by atoms with Gasteiger partial charge in [0, 0.05) is 72.5 Å². The van der Waals surface area contributed by atoms with Gasteiger partial charge in [0.25, 0.3) is 0 Å².